The van der Waals surface area contributed by atoms with E-state index in [1.165, 1.54) is 0 Å². The zero-order chi connectivity index (χ0) is 11.5. The van der Waals surface area contributed by atoms with Crippen LogP contribution in [0.15, 0.2) is 6.20 Å². The highest BCUT2D eigenvalue weighted by Crippen LogP contribution is 2.23. The van der Waals surface area contributed by atoms with Crippen LogP contribution in [0.5, 0.6) is 0 Å². The number of hydrogen-bond donors (Lipinski definition) is 1. The van der Waals surface area contributed by atoms with Gasteiger partial charge in [0.1, 0.15) is 0 Å². The smallest absolute Gasteiger partial charge is 0.241 e. The van der Waals surface area contributed by atoms with Gasteiger partial charge in [-0.2, -0.15) is 0 Å². The molecule has 1 aromatic heterocycles. The van der Waals surface area contributed by atoms with Gasteiger partial charge in [-0.15, -0.1) is 11.3 Å². The number of hydrogen-bond acceptors (Lipinski definition) is 5. The molecule has 88 valence electrons. The number of anilines is 1. The molecule has 0 atom stereocenters. The van der Waals surface area contributed by atoms with Gasteiger partial charge in [-0.3, -0.25) is 4.79 Å². The summed E-state index contributed by atoms with van der Waals surface area (Å²) in [5.74, 6) is 0.155. The van der Waals surface area contributed by atoms with Crippen LogP contribution in [0, 0.1) is 0 Å². The van der Waals surface area contributed by atoms with Gasteiger partial charge in [0.25, 0.3) is 0 Å². The monoisotopic (exact) mass is 240 g/mol. The highest BCUT2D eigenvalue weighted by atomic mass is 32.1. The molecule has 0 bridgehead atoms. The van der Waals surface area contributed by atoms with Crippen molar-refractivity contribution in [3.8, 4) is 0 Å². The van der Waals surface area contributed by atoms with Gasteiger partial charge < -0.3 is 15.5 Å². The Morgan fingerprint density at radius 3 is 3.06 bits per heavy atom. The van der Waals surface area contributed by atoms with E-state index in [4.69, 9.17) is 5.73 Å². The summed E-state index contributed by atoms with van der Waals surface area (Å²) in [5.41, 5.74) is 5.55. The van der Waals surface area contributed by atoms with Crippen LogP contribution in [0.1, 0.15) is 11.3 Å². The molecule has 0 radical (unpaired) electrons. The fraction of sp³-hybridized carbons (Fsp3) is 0.600. The van der Waals surface area contributed by atoms with Crippen molar-refractivity contribution < 1.29 is 4.79 Å². The molecule has 2 N–H and O–H groups in total. The molecule has 5 nitrogen and oxygen atoms in total. The van der Waals surface area contributed by atoms with E-state index in [1.54, 1.807) is 22.4 Å². The van der Waals surface area contributed by atoms with E-state index in [0.29, 0.717) is 13.1 Å². The van der Waals surface area contributed by atoms with Crippen LogP contribution in [-0.2, 0) is 11.3 Å². The molecule has 1 saturated heterocycles. The van der Waals surface area contributed by atoms with Crippen LogP contribution in [0.2, 0.25) is 0 Å². The van der Waals surface area contributed by atoms with Gasteiger partial charge in [0, 0.05) is 37.8 Å². The topological polar surface area (TPSA) is 62.5 Å². The molecule has 1 aromatic rings. The van der Waals surface area contributed by atoms with Crippen LogP contribution < -0.4 is 10.6 Å². The number of rotatable bonds is 2. The molecule has 1 amide bonds. The molecule has 1 aliphatic heterocycles. The van der Waals surface area contributed by atoms with Gasteiger partial charge in [-0.25, -0.2) is 4.98 Å². The SMILES string of the molecule is CN1CCCN(c2ncc(CN)s2)CC1=O. The summed E-state index contributed by atoms with van der Waals surface area (Å²) in [5, 5.41) is 0.907. The molecule has 6 heteroatoms. The summed E-state index contributed by atoms with van der Waals surface area (Å²) >= 11 is 1.57. The van der Waals surface area contributed by atoms with Crippen molar-refractivity contribution in [3.63, 3.8) is 0 Å². The third kappa shape index (κ3) is 2.33. The first-order chi connectivity index (χ1) is 7.70. The molecule has 0 aromatic carbocycles. The molecule has 0 spiro atoms. The molecule has 1 aliphatic rings. The van der Waals surface area contributed by atoms with Crippen molar-refractivity contribution in [1.29, 1.82) is 0 Å². The van der Waals surface area contributed by atoms with Gasteiger partial charge in [-0.05, 0) is 6.42 Å². The Morgan fingerprint density at radius 1 is 1.56 bits per heavy atom. The van der Waals surface area contributed by atoms with Gasteiger partial charge in [0.15, 0.2) is 5.13 Å². The van der Waals surface area contributed by atoms with E-state index >= 15 is 0 Å². The molecule has 0 saturated carbocycles. The van der Waals surface area contributed by atoms with Crippen molar-refractivity contribution in [3.05, 3.63) is 11.1 Å². The van der Waals surface area contributed by atoms with Crippen LogP contribution in [0.3, 0.4) is 0 Å². The molecule has 2 heterocycles. The Morgan fingerprint density at radius 2 is 2.38 bits per heavy atom. The average Bonchev–Trinajstić information content (AvgIpc) is 2.69. The minimum atomic E-state index is 0.155. The second-order valence-corrected chi connectivity index (χ2v) is 5.00. The third-order valence-corrected chi connectivity index (χ3v) is 3.77. The second-order valence-electron chi connectivity index (χ2n) is 3.90. The van der Waals surface area contributed by atoms with Gasteiger partial charge in [0.05, 0.1) is 6.54 Å². The van der Waals surface area contributed by atoms with E-state index in [9.17, 15) is 4.79 Å². The first kappa shape index (κ1) is 11.3. The first-order valence-corrected chi connectivity index (χ1v) is 6.16. The molecular formula is C10H16N4OS. The summed E-state index contributed by atoms with van der Waals surface area (Å²) in [6.45, 7) is 2.64. The Bertz CT molecular complexity index is 379. The average molecular weight is 240 g/mol. The maximum Gasteiger partial charge on any atom is 0.241 e. The van der Waals surface area contributed by atoms with E-state index < -0.39 is 0 Å². The van der Waals surface area contributed by atoms with E-state index in [0.717, 1.165) is 29.5 Å². The fourth-order valence-electron chi connectivity index (χ4n) is 1.69. The number of nitrogens with zero attached hydrogens (tertiary/aromatic N) is 3. The lowest BCUT2D eigenvalue weighted by Gasteiger charge is -2.18. The lowest BCUT2D eigenvalue weighted by molar-refractivity contribution is -0.127. The molecule has 1 fully saturated rings. The highest BCUT2D eigenvalue weighted by molar-refractivity contribution is 7.15. The number of thiazole rings is 1. The van der Waals surface area contributed by atoms with Gasteiger partial charge >= 0.3 is 0 Å². The van der Waals surface area contributed by atoms with Crippen LogP contribution in [0.4, 0.5) is 5.13 Å². The van der Waals surface area contributed by atoms with E-state index in [1.807, 2.05) is 11.9 Å². The maximum absolute atomic E-state index is 11.7. The third-order valence-electron chi connectivity index (χ3n) is 2.69. The molecule has 0 unspecified atom stereocenters. The highest BCUT2D eigenvalue weighted by Gasteiger charge is 2.20. The zero-order valence-corrected chi connectivity index (χ0v) is 10.2. The number of carbonyl (C=O) groups excluding carboxylic acids is 1. The van der Waals surface area contributed by atoms with Crippen LogP contribution in [-0.4, -0.2) is 42.5 Å². The molecular weight excluding hydrogens is 224 g/mol. The van der Waals surface area contributed by atoms with Gasteiger partial charge in [0.2, 0.25) is 5.91 Å². The Balaban J connectivity index is 2.11. The first-order valence-electron chi connectivity index (χ1n) is 5.34. The van der Waals surface area contributed by atoms with Crippen molar-refractivity contribution in [1.82, 2.24) is 9.88 Å². The second kappa shape index (κ2) is 4.80. The Kier molecular flexibility index (Phi) is 3.40. The van der Waals surface area contributed by atoms with Crippen molar-refractivity contribution >= 4 is 22.4 Å². The molecule has 0 aliphatic carbocycles. The van der Waals surface area contributed by atoms with Crippen molar-refractivity contribution in [2.45, 2.75) is 13.0 Å². The minimum Gasteiger partial charge on any atom is -0.344 e. The fourth-order valence-corrected chi connectivity index (χ4v) is 2.50. The quantitative estimate of drug-likeness (QED) is 0.806. The number of likely N-dealkylation sites (N-methyl/N-ethyl adjacent to an activating group) is 1. The summed E-state index contributed by atoms with van der Waals surface area (Å²) in [6, 6.07) is 0. The molecule has 2 rings (SSSR count). The number of carbonyl (C=O) groups is 1. The summed E-state index contributed by atoms with van der Waals surface area (Å²) in [7, 11) is 1.85. The Hall–Kier alpha value is -1.14. The zero-order valence-electron chi connectivity index (χ0n) is 9.35. The summed E-state index contributed by atoms with van der Waals surface area (Å²) in [6.07, 6.45) is 2.78. The molecule has 16 heavy (non-hydrogen) atoms. The number of nitrogens with two attached hydrogens (primary N) is 1. The van der Waals surface area contributed by atoms with E-state index in [-0.39, 0.29) is 5.91 Å². The maximum atomic E-state index is 11.7. The van der Waals surface area contributed by atoms with Crippen molar-refractivity contribution in [2.75, 3.05) is 31.6 Å². The van der Waals surface area contributed by atoms with Crippen molar-refractivity contribution in [2.24, 2.45) is 5.73 Å². The standard InChI is InChI=1S/C10H16N4OS/c1-13-3-2-4-14(7-9(13)15)10-12-6-8(5-11)16-10/h6H,2-5,7,11H2,1H3. The van der Waals surface area contributed by atoms with Gasteiger partial charge in [-0.1, -0.05) is 0 Å². The summed E-state index contributed by atoms with van der Waals surface area (Å²) < 4.78 is 0. The minimum absolute atomic E-state index is 0.155. The van der Waals surface area contributed by atoms with Crippen LogP contribution >= 0.6 is 11.3 Å². The number of amides is 1. The Labute approximate surface area is 98.9 Å². The van der Waals surface area contributed by atoms with E-state index in [2.05, 4.69) is 4.98 Å². The predicted molar refractivity (Wildman–Crippen MR) is 64.5 cm³/mol. The largest absolute Gasteiger partial charge is 0.344 e. The predicted octanol–water partition coefficient (Wildman–Crippen LogP) is 0.270. The lowest BCUT2D eigenvalue weighted by Crippen LogP contribution is -2.34. The summed E-state index contributed by atoms with van der Waals surface area (Å²) in [4.78, 5) is 20.9. The number of aromatic nitrogens is 1. The van der Waals surface area contributed by atoms with Crippen LogP contribution in [0.25, 0.3) is 0 Å². The lowest BCUT2D eigenvalue weighted by atomic mass is 10.4. The normalized spacial score (nSPS) is 17.8.